The van der Waals surface area contributed by atoms with Gasteiger partial charge in [-0.25, -0.2) is 18.6 Å². The highest BCUT2D eigenvalue weighted by molar-refractivity contribution is 5.84. The van der Waals surface area contributed by atoms with Crippen LogP contribution in [0.15, 0.2) is 42.6 Å². The highest BCUT2D eigenvalue weighted by Gasteiger charge is 2.29. The molecule has 7 nitrogen and oxygen atoms in total. The molecule has 2 aromatic heterocycles. The van der Waals surface area contributed by atoms with Crippen molar-refractivity contribution in [1.29, 1.82) is 0 Å². The Morgan fingerprint density at radius 1 is 1.11 bits per heavy atom. The Hall–Kier alpha value is -3.49. The summed E-state index contributed by atoms with van der Waals surface area (Å²) in [5.41, 5.74) is 4.03. The number of hydrogen-bond acceptors (Lipinski definition) is 3. The SMILES string of the molecule is C[C@H]1CC[C@H](CC(=O)N2CCc3c(n(Cc4cccc(C(F)F)c4)c4ncccc34)C2)CC1.O=C(O)O. The van der Waals surface area contributed by atoms with Gasteiger partial charge in [0.25, 0.3) is 6.43 Å². The number of alkyl halides is 2. The zero-order valence-electron chi connectivity index (χ0n) is 20.9. The van der Waals surface area contributed by atoms with E-state index in [0.29, 0.717) is 25.4 Å². The molecule has 0 radical (unpaired) electrons. The van der Waals surface area contributed by atoms with Crippen LogP contribution in [0, 0.1) is 11.8 Å². The van der Waals surface area contributed by atoms with Crippen molar-refractivity contribution >= 4 is 23.1 Å². The van der Waals surface area contributed by atoms with Crippen LogP contribution in [0.4, 0.5) is 13.6 Å². The Balaban J connectivity index is 0.000000747. The van der Waals surface area contributed by atoms with Gasteiger partial charge in [0.15, 0.2) is 0 Å². The highest BCUT2D eigenvalue weighted by atomic mass is 19.3. The van der Waals surface area contributed by atoms with E-state index in [9.17, 15) is 13.6 Å². The smallest absolute Gasteiger partial charge is 0.450 e. The van der Waals surface area contributed by atoms with Crippen molar-refractivity contribution in [1.82, 2.24) is 14.5 Å². The number of aromatic nitrogens is 2. The molecule has 1 saturated carbocycles. The summed E-state index contributed by atoms with van der Waals surface area (Å²) in [6.07, 6.45) is 3.63. The minimum Gasteiger partial charge on any atom is -0.450 e. The summed E-state index contributed by atoms with van der Waals surface area (Å²) in [5, 5.41) is 15.0. The first-order valence-corrected chi connectivity index (χ1v) is 12.7. The van der Waals surface area contributed by atoms with E-state index < -0.39 is 12.6 Å². The minimum absolute atomic E-state index is 0.0318. The maximum atomic E-state index is 13.2. The number of nitrogens with zero attached hydrogens (tertiary/aromatic N) is 3. The van der Waals surface area contributed by atoms with Crippen LogP contribution < -0.4 is 0 Å². The lowest BCUT2D eigenvalue weighted by Crippen LogP contribution is -2.37. The van der Waals surface area contributed by atoms with Gasteiger partial charge in [0.05, 0.1) is 6.54 Å². The Morgan fingerprint density at radius 2 is 1.84 bits per heavy atom. The first kappa shape index (κ1) is 26.6. The number of fused-ring (bicyclic) bond motifs is 3. The van der Waals surface area contributed by atoms with Gasteiger partial charge in [-0.05, 0) is 60.4 Å². The zero-order valence-corrected chi connectivity index (χ0v) is 20.9. The molecule has 37 heavy (non-hydrogen) atoms. The number of carbonyl (C=O) groups excluding carboxylic acids is 1. The third-order valence-electron chi connectivity index (χ3n) is 7.51. The summed E-state index contributed by atoms with van der Waals surface area (Å²) < 4.78 is 28.6. The fourth-order valence-corrected chi connectivity index (χ4v) is 5.56. The first-order chi connectivity index (χ1) is 17.7. The normalized spacial score (nSPS) is 19.3. The summed E-state index contributed by atoms with van der Waals surface area (Å²) in [6, 6.07) is 10.6. The van der Waals surface area contributed by atoms with E-state index in [1.54, 1.807) is 18.3 Å². The minimum atomic E-state index is -2.49. The first-order valence-electron chi connectivity index (χ1n) is 12.7. The number of hydrogen-bond donors (Lipinski definition) is 2. The average Bonchev–Trinajstić information content (AvgIpc) is 3.18. The average molecular weight is 514 g/mol. The molecule has 5 rings (SSSR count). The van der Waals surface area contributed by atoms with Crippen molar-refractivity contribution in [2.24, 2.45) is 11.8 Å². The van der Waals surface area contributed by atoms with Gasteiger partial charge in [-0.15, -0.1) is 0 Å². The van der Waals surface area contributed by atoms with Crippen LogP contribution in [-0.4, -0.2) is 43.3 Å². The van der Waals surface area contributed by atoms with Gasteiger partial charge < -0.3 is 19.7 Å². The summed E-state index contributed by atoms with van der Waals surface area (Å²) in [4.78, 5) is 28.3. The monoisotopic (exact) mass is 513 g/mol. The Kier molecular flexibility index (Phi) is 8.41. The van der Waals surface area contributed by atoms with Crippen LogP contribution in [0.5, 0.6) is 0 Å². The van der Waals surface area contributed by atoms with Gasteiger partial charge in [0, 0.05) is 42.4 Å². The predicted molar refractivity (Wildman–Crippen MR) is 136 cm³/mol. The molecule has 1 amide bonds. The number of pyridine rings is 1. The maximum absolute atomic E-state index is 13.2. The summed E-state index contributed by atoms with van der Waals surface area (Å²) in [5.74, 6) is 1.52. The van der Waals surface area contributed by atoms with Crippen LogP contribution in [-0.2, 0) is 24.3 Å². The van der Waals surface area contributed by atoms with Crippen molar-refractivity contribution in [3.8, 4) is 0 Å². The Morgan fingerprint density at radius 3 is 2.54 bits per heavy atom. The molecule has 1 fully saturated rings. The molecule has 1 aromatic carbocycles. The van der Waals surface area contributed by atoms with Gasteiger partial charge in [-0.2, -0.15) is 0 Å². The zero-order chi connectivity index (χ0) is 26.5. The number of halogens is 2. The quantitative estimate of drug-likeness (QED) is 0.415. The van der Waals surface area contributed by atoms with E-state index >= 15 is 0 Å². The van der Waals surface area contributed by atoms with Crippen molar-refractivity contribution in [2.75, 3.05) is 6.54 Å². The largest absolute Gasteiger partial charge is 0.503 e. The second-order valence-electron chi connectivity index (χ2n) is 10.1. The molecule has 0 bridgehead atoms. The molecule has 0 atom stereocenters. The lowest BCUT2D eigenvalue weighted by molar-refractivity contribution is -0.133. The molecular formula is C28H33F2N3O4. The second kappa shape index (κ2) is 11.7. The predicted octanol–water partition coefficient (Wildman–Crippen LogP) is 6.35. The molecular weight excluding hydrogens is 480 g/mol. The summed E-state index contributed by atoms with van der Waals surface area (Å²) in [6.45, 7) is 4.05. The molecule has 9 heteroatoms. The Bertz CT molecular complexity index is 1250. The molecule has 3 aromatic rings. The molecule has 0 spiro atoms. The molecule has 1 aliphatic heterocycles. The van der Waals surface area contributed by atoms with Crippen molar-refractivity contribution < 1.29 is 28.6 Å². The van der Waals surface area contributed by atoms with Gasteiger partial charge in [0.1, 0.15) is 5.65 Å². The van der Waals surface area contributed by atoms with Crippen LogP contribution in [0.25, 0.3) is 11.0 Å². The number of carbonyl (C=O) groups is 2. The molecule has 0 unspecified atom stereocenters. The van der Waals surface area contributed by atoms with Gasteiger partial charge >= 0.3 is 6.16 Å². The molecule has 2 N–H and O–H groups in total. The third kappa shape index (κ3) is 6.45. The van der Waals surface area contributed by atoms with E-state index in [0.717, 1.165) is 54.0 Å². The lowest BCUT2D eigenvalue weighted by Gasteiger charge is -2.31. The Labute approximate surface area is 214 Å². The van der Waals surface area contributed by atoms with Crippen LogP contribution in [0.3, 0.4) is 0 Å². The van der Waals surface area contributed by atoms with Crippen LogP contribution >= 0.6 is 0 Å². The lowest BCUT2D eigenvalue weighted by atomic mass is 9.81. The third-order valence-corrected chi connectivity index (χ3v) is 7.51. The number of benzene rings is 1. The maximum Gasteiger partial charge on any atom is 0.503 e. The number of carboxylic acid groups (broad SMARTS) is 2. The highest BCUT2D eigenvalue weighted by Crippen LogP contribution is 2.34. The molecule has 0 saturated heterocycles. The van der Waals surface area contributed by atoms with Gasteiger partial charge in [-0.3, -0.25) is 4.79 Å². The van der Waals surface area contributed by atoms with E-state index in [2.05, 4.69) is 22.5 Å². The van der Waals surface area contributed by atoms with Crippen LogP contribution in [0.2, 0.25) is 0 Å². The number of amides is 1. The fraction of sp³-hybridized carbons (Fsp3) is 0.464. The van der Waals surface area contributed by atoms with E-state index in [-0.39, 0.29) is 11.5 Å². The molecule has 198 valence electrons. The van der Waals surface area contributed by atoms with Crippen LogP contribution in [0.1, 0.15) is 67.8 Å². The topological polar surface area (TPSA) is 95.7 Å². The molecule has 1 aliphatic carbocycles. The van der Waals surface area contributed by atoms with Gasteiger partial charge in [0.2, 0.25) is 5.91 Å². The second-order valence-corrected chi connectivity index (χ2v) is 10.1. The fourth-order valence-electron chi connectivity index (χ4n) is 5.56. The van der Waals surface area contributed by atoms with E-state index in [1.165, 1.54) is 24.5 Å². The van der Waals surface area contributed by atoms with Gasteiger partial charge in [-0.1, -0.05) is 38.0 Å². The van der Waals surface area contributed by atoms with E-state index in [4.69, 9.17) is 15.0 Å². The number of rotatable bonds is 5. The standard InChI is InChI=1S/C27H31F2N3O.CH2O3/c1-18-7-9-19(10-8-18)15-25(33)31-13-11-22-23-6-3-12-30-27(23)32(24(22)17-31)16-20-4-2-5-21(14-20)26(28)29;2-1(3)4/h2-6,12,14,18-19,26H,7-11,13,15-17H2,1H3;(H2,2,3,4)/t18-,19-;. The van der Waals surface area contributed by atoms with Crippen molar-refractivity contribution in [3.05, 3.63) is 65.0 Å². The molecule has 2 aliphatic rings. The molecule has 3 heterocycles. The summed E-state index contributed by atoms with van der Waals surface area (Å²) >= 11 is 0. The summed E-state index contributed by atoms with van der Waals surface area (Å²) in [7, 11) is 0. The van der Waals surface area contributed by atoms with Crippen molar-refractivity contribution in [3.63, 3.8) is 0 Å². The van der Waals surface area contributed by atoms with E-state index in [1.807, 2.05) is 17.0 Å². The van der Waals surface area contributed by atoms with Crippen molar-refractivity contribution in [2.45, 2.75) is 65.0 Å².